The molecule has 0 saturated carbocycles. The van der Waals surface area contributed by atoms with Gasteiger partial charge in [0.2, 0.25) is 5.91 Å². The van der Waals surface area contributed by atoms with Crippen LogP contribution in [0.25, 0.3) is 5.69 Å². The van der Waals surface area contributed by atoms with Crippen LogP contribution in [-0.2, 0) is 16.1 Å². The molecule has 1 saturated heterocycles. The lowest BCUT2D eigenvalue weighted by Gasteiger charge is -2.19. The molecule has 0 radical (unpaired) electrons. The average molecular weight is 343 g/mol. The minimum absolute atomic E-state index is 0.113. The zero-order valence-corrected chi connectivity index (χ0v) is 14.8. The Labute approximate surface area is 146 Å². The van der Waals surface area contributed by atoms with Gasteiger partial charge < -0.3 is 9.47 Å². The Morgan fingerprint density at radius 1 is 1.38 bits per heavy atom. The summed E-state index contributed by atoms with van der Waals surface area (Å²) in [7, 11) is 0. The van der Waals surface area contributed by atoms with Gasteiger partial charge in [0.25, 0.3) is 0 Å². The minimum Gasteiger partial charge on any atom is -0.338 e. The number of carbonyl (C=O) groups is 2. The second kappa shape index (κ2) is 7.21. The van der Waals surface area contributed by atoms with E-state index >= 15 is 0 Å². The molecule has 1 fully saturated rings. The maximum absolute atomic E-state index is 12.3. The van der Waals surface area contributed by atoms with E-state index in [0.29, 0.717) is 13.0 Å². The Morgan fingerprint density at radius 3 is 2.88 bits per heavy atom. The number of nitrogens with zero attached hydrogens (tertiary/aromatic N) is 3. The Kier molecular flexibility index (Phi) is 5.04. The van der Waals surface area contributed by atoms with Crippen molar-refractivity contribution in [1.29, 1.82) is 0 Å². The zero-order valence-electron chi connectivity index (χ0n) is 13.9. The summed E-state index contributed by atoms with van der Waals surface area (Å²) in [6, 6.07) is 8.10. The third-order valence-electron chi connectivity index (χ3n) is 4.25. The summed E-state index contributed by atoms with van der Waals surface area (Å²) in [6.07, 6.45) is 4.25. The van der Waals surface area contributed by atoms with Crippen LogP contribution in [0, 0.1) is 12.8 Å². The van der Waals surface area contributed by atoms with Gasteiger partial charge in [-0.3, -0.25) is 9.59 Å². The van der Waals surface area contributed by atoms with Crippen LogP contribution in [0.1, 0.15) is 24.7 Å². The van der Waals surface area contributed by atoms with Gasteiger partial charge in [-0.25, -0.2) is 4.98 Å². The maximum atomic E-state index is 12.3. The normalized spacial score (nSPS) is 17.5. The third kappa shape index (κ3) is 3.70. The number of imidazole rings is 1. The number of para-hydroxylation sites is 1. The summed E-state index contributed by atoms with van der Waals surface area (Å²) < 4.78 is 2.04. The molecule has 3 rings (SSSR count). The van der Waals surface area contributed by atoms with E-state index in [0.717, 1.165) is 29.4 Å². The van der Waals surface area contributed by atoms with Gasteiger partial charge in [0, 0.05) is 44.6 Å². The van der Waals surface area contributed by atoms with Gasteiger partial charge in [-0.2, -0.15) is 0 Å². The van der Waals surface area contributed by atoms with E-state index in [2.05, 4.69) is 11.1 Å². The third-order valence-corrected chi connectivity index (χ3v) is 5.30. The molecule has 2 aromatic rings. The molecule has 0 N–H and O–H groups in total. The number of amides is 1. The molecule has 6 heteroatoms. The van der Waals surface area contributed by atoms with Crippen LogP contribution in [-0.4, -0.2) is 37.8 Å². The van der Waals surface area contributed by atoms with E-state index in [4.69, 9.17) is 0 Å². The fourth-order valence-electron chi connectivity index (χ4n) is 3.07. The Morgan fingerprint density at radius 2 is 2.17 bits per heavy atom. The number of hydrogen-bond donors (Lipinski definition) is 0. The molecule has 1 unspecified atom stereocenters. The Hall–Kier alpha value is -2.08. The molecular formula is C18H21N3O2S. The highest BCUT2D eigenvalue weighted by molar-refractivity contribution is 8.13. The van der Waals surface area contributed by atoms with Gasteiger partial charge in [0.05, 0.1) is 5.69 Å². The highest BCUT2D eigenvalue weighted by Crippen LogP contribution is 2.26. The molecule has 0 spiro atoms. The standard InChI is InChI=1S/C18H21N3O2S/c1-13-19-7-8-21(13)17-6-4-3-5-16(17)11-20-10-15(9-18(20)23)12-24-14(2)22/h3-8,15H,9-12H2,1-2H3. The summed E-state index contributed by atoms with van der Waals surface area (Å²) in [6.45, 7) is 4.85. The molecule has 1 aliphatic heterocycles. The topological polar surface area (TPSA) is 55.2 Å². The van der Waals surface area contributed by atoms with Gasteiger partial charge in [-0.05, 0) is 24.5 Å². The van der Waals surface area contributed by atoms with Crippen molar-refractivity contribution in [3.8, 4) is 5.69 Å². The quantitative estimate of drug-likeness (QED) is 0.838. The minimum atomic E-state index is 0.113. The smallest absolute Gasteiger partial charge is 0.223 e. The van der Waals surface area contributed by atoms with Gasteiger partial charge in [0.15, 0.2) is 5.12 Å². The summed E-state index contributed by atoms with van der Waals surface area (Å²) in [4.78, 5) is 29.6. The fraction of sp³-hybridized carbons (Fsp3) is 0.389. The summed E-state index contributed by atoms with van der Waals surface area (Å²) >= 11 is 1.31. The van der Waals surface area contributed by atoms with E-state index in [1.54, 1.807) is 13.1 Å². The Balaban J connectivity index is 1.74. The van der Waals surface area contributed by atoms with Crippen LogP contribution in [0.2, 0.25) is 0 Å². The van der Waals surface area contributed by atoms with Crippen molar-refractivity contribution < 1.29 is 9.59 Å². The number of aryl methyl sites for hydroxylation is 1. The van der Waals surface area contributed by atoms with E-state index in [1.165, 1.54) is 11.8 Å². The highest BCUT2D eigenvalue weighted by Gasteiger charge is 2.30. The van der Waals surface area contributed by atoms with E-state index in [9.17, 15) is 9.59 Å². The molecule has 126 valence electrons. The van der Waals surface area contributed by atoms with Crippen LogP contribution in [0.3, 0.4) is 0 Å². The predicted octanol–water partition coefficient (Wildman–Crippen LogP) is 2.81. The molecule has 0 bridgehead atoms. The summed E-state index contributed by atoms with van der Waals surface area (Å²) in [5.74, 6) is 2.07. The van der Waals surface area contributed by atoms with Crippen molar-refractivity contribution in [3.63, 3.8) is 0 Å². The largest absolute Gasteiger partial charge is 0.338 e. The highest BCUT2D eigenvalue weighted by atomic mass is 32.2. The number of likely N-dealkylation sites (tertiary alicyclic amines) is 1. The molecule has 1 aliphatic rings. The van der Waals surface area contributed by atoms with Gasteiger partial charge >= 0.3 is 0 Å². The molecule has 1 aromatic carbocycles. The lowest BCUT2D eigenvalue weighted by atomic mass is 10.1. The SMILES string of the molecule is CC(=O)SCC1CC(=O)N(Cc2ccccc2-n2ccnc2C)C1. The second-order valence-corrected chi connectivity index (χ2v) is 7.32. The second-order valence-electron chi connectivity index (χ2n) is 6.12. The molecule has 0 aliphatic carbocycles. The van der Waals surface area contributed by atoms with Crippen molar-refractivity contribution in [3.05, 3.63) is 48.0 Å². The number of hydrogen-bond acceptors (Lipinski definition) is 4. The number of aromatic nitrogens is 2. The number of thioether (sulfide) groups is 1. The first-order chi connectivity index (χ1) is 11.5. The van der Waals surface area contributed by atoms with Gasteiger partial charge in [0.1, 0.15) is 5.82 Å². The number of benzene rings is 1. The Bertz CT molecular complexity index is 756. The molecule has 1 atom stereocenters. The van der Waals surface area contributed by atoms with E-state index in [1.807, 2.05) is 40.8 Å². The van der Waals surface area contributed by atoms with Gasteiger partial charge in [-0.1, -0.05) is 30.0 Å². The molecule has 2 heterocycles. The monoisotopic (exact) mass is 343 g/mol. The molecule has 1 amide bonds. The van der Waals surface area contributed by atoms with Crippen molar-refractivity contribution in [2.75, 3.05) is 12.3 Å². The maximum Gasteiger partial charge on any atom is 0.223 e. The van der Waals surface area contributed by atoms with Crippen molar-refractivity contribution >= 4 is 22.8 Å². The first-order valence-electron chi connectivity index (χ1n) is 8.04. The lowest BCUT2D eigenvalue weighted by Crippen LogP contribution is -2.25. The van der Waals surface area contributed by atoms with Crippen molar-refractivity contribution in [2.24, 2.45) is 5.92 Å². The predicted molar refractivity (Wildman–Crippen MR) is 95.0 cm³/mol. The van der Waals surface area contributed by atoms with Crippen molar-refractivity contribution in [1.82, 2.24) is 14.5 Å². The number of rotatable bonds is 5. The molecule has 24 heavy (non-hydrogen) atoms. The number of carbonyl (C=O) groups excluding carboxylic acids is 2. The van der Waals surface area contributed by atoms with Crippen LogP contribution in [0.5, 0.6) is 0 Å². The van der Waals surface area contributed by atoms with Crippen LogP contribution in [0.4, 0.5) is 0 Å². The summed E-state index contributed by atoms with van der Waals surface area (Å²) in [5.41, 5.74) is 2.16. The van der Waals surface area contributed by atoms with E-state index < -0.39 is 0 Å². The van der Waals surface area contributed by atoms with Crippen LogP contribution >= 0.6 is 11.8 Å². The van der Waals surface area contributed by atoms with Crippen LogP contribution < -0.4 is 0 Å². The van der Waals surface area contributed by atoms with Gasteiger partial charge in [-0.15, -0.1) is 0 Å². The zero-order chi connectivity index (χ0) is 17.1. The first-order valence-corrected chi connectivity index (χ1v) is 9.02. The molecule has 1 aromatic heterocycles. The molecular weight excluding hydrogens is 322 g/mol. The average Bonchev–Trinajstić information content (AvgIpc) is 3.12. The molecule has 5 nitrogen and oxygen atoms in total. The van der Waals surface area contributed by atoms with Crippen molar-refractivity contribution in [2.45, 2.75) is 26.8 Å². The summed E-state index contributed by atoms with van der Waals surface area (Å²) in [5, 5.41) is 0.113. The van der Waals surface area contributed by atoms with Crippen LogP contribution in [0.15, 0.2) is 36.7 Å². The lowest BCUT2D eigenvalue weighted by molar-refractivity contribution is -0.128. The first kappa shape index (κ1) is 16.8. The fourth-order valence-corrected chi connectivity index (χ4v) is 3.77. The van der Waals surface area contributed by atoms with E-state index in [-0.39, 0.29) is 16.9 Å².